The molecular formula is C23H25N5O2. The number of amides is 1. The molecule has 4 aromatic rings. The van der Waals surface area contributed by atoms with E-state index in [1.807, 2.05) is 68.4 Å². The molecular weight excluding hydrogens is 378 g/mol. The summed E-state index contributed by atoms with van der Waals surface area (Å²) in [6.07, 6.45) is 1.73. The summed E-state index contributed by atoms with van der Waals surface area (Å²) in [6.45, 7) is 2.75. The number of H-pyrrole nitrogens is 1. The Balaban J connectivity index is 1.41. The van der Waals surface area contributed by atoms with Crippen LogP contribution in [0.3, 0.4) is 0 Å². The van der Waals surface area contributed by atoms with E-state index < -0.39 is 0 Å². The highest BCUT2D eigenvalue weighted by Crippen LogP contribution is 2.22. The molecule has 0 bridgehead atoms. The fourth-order valence-corrected chi connectivity index (χ4v) is 3.49. The van der Waals surface area contributed by atoms with Gasteiger partial charge < -0.3 is 15.2 Å². The van der Waals surface area contributed by atoms with Crippen molar-refractivity contribution in [3.8, 4) is 0 Å². The van der Waals surface area contributed by atoms with Crippen molar-refractivity contribution in [2.75, 3.05) is 19.0 Å². The summed E-state index contributed by atoms with van der Waals surface area (Å²) in [5, 5.41) is 3.84. The van der Waals surface area contributed by atoms with Gasteiger partial charge >= 0.3 is 0 Å². The van der Waals surface area contributed by atoms with Crippen LogP contribution in [0.15, 0.2) is 53.6 Å². The molecule has 0 saturated heterocycles. The van der Waals surface area contributed by atoms with E-state index in [1.54, 1.807) is 0 Å². The minimum absolute atomic E-state index is 0.106. The second kappa shape index (κ2) is 8.02. The summed E-state index contributed by atoms with van der Waals surface area (Å²) in [6, 6.07) is 14.0. The molecule has 0 aliphatic rings. The van der Waals surface area contributed by atoms with Gasteiger partial charge in [-0.2, -0.15) is 0 Å². The normalized spacial score (nSPS) is 11.2. The van der Waals surface area contributed by atoms with Gasteiger partial charge in [0.1, 0.15) is 11.0 Å². The lowest BCUT2D eigenvalue weighted by molar-refractivity contribution is -0.121. The SMILES string of the molecule is Cc1ccc2[nH]c3c(=O)n(CCC(=O)NCc4ccc(N(C)C)cc4)cnc3c2c1. The molecule has 0 radical (unpaired) electrons. The third kappa shape index (κ3) is 3.91. The Kier molecular flexibility index (Phi) is 5.27. The van der Waals surface area contributed by atoms with Crippen molar-refractivity contribution in [1.82, 2.24) is 19.9 Å². The van der Waals surface area contributed by atoms with Crippen molar-refractivity contribution in [3.63, 3.8) is 0 Å². The quantitative estimate of drug-likeness (QED) is 0.519. The van der Waals surface area contributed by atoms with Crippen LogP contribution in [0.2, 0.25) is 0 Å². The lowest BCUT2D eigenvalue weighted by Gasteiger charge is -2.13. The predicted octanol–water partition coefficient (Wildman–Crippen LogP) is 2.96. The molecule has 1 amide bonds. The van der Waals surface area contributed by atoms with E-state index in [9.17, 15) is 9.59 Å². The number of aryl methyl sites for hydroxylation is 2. The molecule has 0 aliphatic heterocycles. The Morgan fingerprint density at radius 2 is 1.93 bits per heavy atom. The zero-order valence-corrected chi connectivity index (χ0v) is 17.4. The van der Waals surface area contributed by atoms with Gasteiger partial charge in [0.15, 0.2) is 0 Å². The maximum Gasteiger partial charge on any atom is 0.277 e. The molecule has 7 heteroatoms. The highest BCUT2D eigenvalue weighted by atomic mass is 16.1. The number of nitrogens with one attached hydrogen (secondary N) is 2. The molecule has 0 aliphatic carbocycles. The fraction of sp³-hybridized carbons (Fsp3) is 0.261. The minimum Gasteiger partial charge on any atom is -0.378 e. The monoisotopic (exact) mass is 403 g/mol. The van der Waals surface area contributed by atoms with E-state index in [0.717, 1.165) is 27.7 Å². The number of nitrogens with zero attached hydrogens (tertiary/aromatic N) is 3. The second-order valence-corrected chi connectivity index (χ2v) is 7.73. The van der Waals surface area contributed by atoms with Gasteiger partial charge in [-0.3, -0.25) is 14.2 Å². The van der Waals surface area contributed by atoms with Crippen LogP contribution in [0.4, 0.5) is 5.69 Å². The second-order valence-electron chi connectivity index (χ2n) is 7.73. The molecule has 0 saturated carbocycles. The third-order valence-corrected chi connectivity index (χ3v) is 5.25. The zero-order chi connectivity index (χ0) is 21.3. The molecule has 2 aromatic carbocycles. The van der Waals surface area contributed by atoms with Crippen molar-refractivity contribution < 1.29 is 4.79 Å². The first-order valence-corrected chi connectivity index (χ1v) is 9.93. The number of carbonyl (C=O) groups excluding carboxylic acids is 1. The smallest absolute Gasteiger partial charge is 0.277 e. The number of fused-ring (bicyclic) bond motifs is 3. The Labute approximate surface area is 174 Å². The van der Waals surface area contributed by atoms with Crippen molar-refractivity contribution in [3.05, 3.63) is 70.3 Å². The third-order valence-electron chi connectivity index (χ3n) is 5.25. The van der Waals surface area contributed by atoms with E-state index in [4.69, 9.17) is 0 Å². The van der Waals surface area contributed by atoms with Gasteiger partial charge in [0.25, 0.3) is 5.56 Å². The molecule has 154 valence electrons. The van der Waals surface area contributed by atoms with Crippen LogP contribution in [-0.4, -0.2) is 34.5 Å². The zero-order valence-electron chi connectivity index (χ0n) is 17.4. The van der Waals surface area contributed by atoms with Crippen molar-refractivity contribution in [1.29, 1.82) is 0 Å². The van der Waals surface area contributed by atoms with Crippen molar-refractivity contribution in [2.24, 2.45) is 0 Å². The fourth-order valence-electron chi connectivity index (χ4n) is 3.49. The summed E-state index contributed by atoms with van der Waals surface area (Å²) in [4.78, 5) is 34.7. The van der Waals surface area contributed by atoms with Gasteiger partial charge in [-0.15, -0.1) is 0 Å². The van der Waals surface area contributed by atoms with Crippen molar-refractivity contribution >= 4 is 33.5 Å². The van der Waals surface area contributed by atoms with Gasteiger partial charge in [-0.1, -0.05) is 23.8 Å². The van der Waals surface area contributed by atoms with E-state index in [2.05, 4.69) is 15.3 Å². The van der Waals surface area contributed by atoms with E-state index in [1.165, 1.54) is 10.9 Å². The predicted molar refractivity (Wildman–Crippen MR) is 120 cm³/mol. The lowest BCUT2D eigenvalue weighted by Crippen LogP contribution is -2.27. The average Bonchev–Trinajstić information content (AvgIpc) is 3.10. The summed E-state index contributed by atoms with van der Waals surface area (Å²) in [5.41, 5.74) is 5.11. The van der Waals surface area contributed by atoms with Crippen LogP contribution < -0.4 is 15.8 Å². The highest BCUT2D eigenvalue weighted by molar-refractivity contribution is 6.04. The molecule has 30 heavy (non-hydrogen) atoms. The summed E-state index contributed by atoms with van der Waals surface area (Å²) < 4.78 is 1.48. The van der Waals surface area contributed by atoms with Crippen LogP contribution >= 0.6 is 0 Å². The largest absolute Gasteiger partial charge is 0.378 e. The first-order chi connectivity index (χ1) is 14.4. The molecule has 7 nitrogen and oxygen atoms in total. The van der Waals surface area contributed by atoms with Gasteiger partial charge in [0.2, 0.25) is 5.91 Å². The molecule has 4 rings (SSSR count). The summed E-state index contributed by atoms with van der Waals surface area (Å²) >= 11 is 0. The molecule has 0 unspecified atom stereocenters. The molecule has 0 fully saturated rings. The molecule has 2 heterocycles. The Morgan fingerprint density at radius 1 is 1.17 bits per heavy atom. The van der Waals surface area contributed by atoms with Crippen LogP contribution in [0.5, 0.6) is 0 Å². The highest BCUT2D eigenvalue weighted by Gasteiger charge is 2.12. The summed E-state index contributed by atoms with van der Waals surface area (Å²) in [7, 11) is 3.98. The van der Waals surface area contributed by atoms with Gasteiger partial charge in [0, 0.05) is 50.2 Å². The Bertz CT molecular complexity index is 1270. The van der Waals surface area contributed by atoms with Crippen molar-refractivity contribution in [2.45, 2.75) is 26.4 Å². The Hall–Kier alpha value is -3.61. The average molecular weight is 403 g/mol. The van der Waals surface area contributed by atoms with Crippen LogP contribution in [0.25, 0.3) is 21.9 Å². The molecule has 2 N–H and O–H groups in total. The van der Waals surface area contributed by atoms with Crippen LogP contribution in [0, 0.1) is 6.92 Å². The maximum absolute atomic E-state index is 12.8. The molecule has 2 aromatic heterocycles. The number of anilines is 1. The van der Waals surface area contributed by atoms with Crippen LogP contribution in [-0.2, 0) is 17.9 Å². The number of aromatic nitrogens is 3. The number of hydrogen-bond donors (Lipinski definition) is 2. The topological polar surface area (TPSA) is 83.0 Å². The molecule has 0 atom stereocenters. The van der Waals surface area contributed by atoms with Gasteiger partial charge in [-0.05, 0) is 36.8 Å². The number of benzene rings is 2. The van der Waals surface area contributed by atoms with E-state index in [-0.39, 0.29) is 24.4 Å². The summed E-state index contributed by atoms with van der Waals surface area (Å²) in [5.74, 6) is -0.106. The number of rotatable bonds is 6. The Morgan fingerprint density at radius 3 is 2.67 bits per heavy atom. The van der Waals surface area contributed by atoms with Gasteiger partial charge in [-0.25, -0.2) is 4.98 Å². The van der Waals surface area contributed by atoms with Crippen LogP contribution in [0.1, 0.15) is 17.5 Å². The van der Waals surface area contributed by atoms with E-state index in [0.29, 0.717) is 17.6 Å². The van der Waals surface area contributed by atoms with Gasteiger partial charge in [0.05, 0.1) is 6.33 Å². The standard InChI is InChI=1S/C23H25N5O2/c1-15-4-9-19-18(12-15)21-22(26-19)23(30)28(14-25-21)11-10-20(29)24-13-16-5-7-17(8-6-16)27(2)3/h4-9,12,14,26H,10-11,13H2,1-3H3,(H,24,29). The van der Waals surface area contributed by atoms with E-state index >= 15 is 0 Å². The maximum atomic E-state index is 12.8. The minimum atomic E-state index is -0.166. The lowest BCUT2D eigenvalue weighted by atomic mass is 10.2. The number of aromatic amines is 1. The number of hydrogen-bond acceptors (Lipinski definition) is 4. The number of carbonyl (C=O) groups is 1. The molecule has 0 spiro atoms. The first kappa shape index (κ1) is 19.7. The first-order valence-electron chi connectivity index (χ1n) is 9.93.